The number of carboxylic acids is 1. The first-order valence-corrected chi connectivity index (χ1v) is 9.07. The summed E-state index contributed by atoms with van der Waals surface area (Å²) in [5, 5.41) is 15.3. The zero-order valence-electron chi connectivity index (χ0n) is 14.6. The molecule has 0 bridgehead atoms. The molecule has 0 spiro atoms. The number of halogens is 2. The summed E-state index contributed by atoms with van der Waals surface area (Å²) in [5.74, 6) is -1.00. The maximum Gasteiger partial charge on any atom is 0.339 e. The molecule has 2 rings (SSSR count). The molecule has 0 unspecified atom stereocenters. The molecule has 0 aliphatic rings. The van der Waals surface area contributed by atoms with E-state index in [2.05, 4.69) is 18.1 Å². The van der Waals surface area contributed by atoms with Crippen LogP contribution in [0.1, 0.15) is 61.3 Å². The summed E-state index contributed by atoms with van der Waals surface area (Å²) >= 11 is 12.4. The summed E-state index contributed by atoms with van der Waals surface area (Å²) in [6, 6.07) is 5.09. The lowest BCUT2D eigenvalue weighted by Gasteiger charge is -2.13. The first kappa shape index (κ1) is 19.5. The number of aryl methyl sites for hydroxylation is 1. The fraction of sp³-hybridized carbons (Fsp3) is 0.368. The minimum Gasteiger partial charge on any atom is -0.478 e. The number of hydrogen-bond donors (Lipinski definition) is 1. The van der Waals surface area contributed by atoms with Crippen LogP contribution in [0.4, 0.5) is 0 Å². The van der Waals surface area contributed by atoms with Gasteiger partial charge in [0.05, 0.1) is 22.1 Å². The van der Waals surface area contributed by atoms with Gasteiger partial charge in [-0.25, -0.2) is 9.48 Å². The van der Waals surface area contributed by atoms with Crippen LogP contribution in [-0.2, 0) is 6.42 Å². The molecular weight excluding hydrogens is 359 g/mol. The van der Waals surface area contributed by atoms with E-state index in [1.54, 1.807) is 22.9 Å². The van der Waals surface area contributed by atoms with Crippen molar-refractivity contribution in [2.45, 2.75) is 46.0 Å². The van der Waals surface area contributed by atoms with Gasteiger partial charge in [0.15, 0.2) is 0 Å². The first-order chi connectivity index (χ1) is 11.9. The number of aromatic carboxylic acids is 1. The van der Waals surface area contributed by atoms with Crippen molar-refractivity contribution in [3.05, 3.63) is 57.3 Å². The highest BCUT2D eigenvalue weighted by Gasteiger charge is 2.26. The van der Waals surface area contributed by atoms with Gasteiger partial charge in [-0.05, 0) is 43.4 Å². The van der Waals surface area contributed by atoms with Crippen LogP contribution in [-0.4, -0.2) is 20.9 Å². The van der Waals surface area contributed by atoms with Gasteiger partial charge in [-0.1, -0.05) is 56.1 Å². The molecular formula is C19H22Cl2N2O2. The van der Waals surface area contributed by atoms with Gasteiger partial charge in [-0.3, -0.25) is 0 Å². The normalized spacial score (nSPS) is 11.6. The highest BCUT2D eigenvalue weighted by Crippen LogP contribution is 2.31. The molecule has 1 aromatic heterocycles. The molecule has 0 saturated heterocycles. The number of carboxylic acid groups (broad SMARTS) is 1. The van der Waals surface area contributed by atoms with E-state index in [9.17, 15) is 9.90 Å². The second kappa shape index (κ2) is 8.54. The van der Waals surface area contributed by atoms with Crippen LogP contribution < -0.4 is 0 Å². The van der Waals surface area contributed by atoms with Gasteiger partial charge in [0.2, 0.25) is 0 Å². The van der Waals surface area contributed by atoms with Gasteiger partial charge in [-0.15, -0.1) is 0 Å². The van der Waals surface area contributed by atoms with E-state index in [4.69, 9.17) is 23.2 Å². The highest BCUT2D eigenvalue weighted by molar-refractivity contribution is 6.34. The van der Waals surface area contributed by atoms with E-state index in [1.165, 1.54) is 0 Å². The highest BCUT2D eigenvalue weighted by atomic mass is 35.5. The maximum absolute atomic E-state index is 11.9. The number of hydrogen-bond acceptors (Lipinski definition) is 2. The third-order valence-corrected chi connectivity index (χ3v) is 4.40. The van der Waals surface area contributed by atoms with E-state index >= 15 is 0 Å². The van der Waals surface area contributed by atoms with E-state index in [0.29, 0.717) is 33.5 Å². The lowest BCUT2D eigenvalue weighted by Crippen LogP contribution is -2.09. The Bertz CT molecular complexity index is 795. The van der Waals surface area contributed by atoms with Gasteiger partial charge in [0.1, 0.15) is 5.56 Å². The zero-order chi connectivity index (χ0) is 18.6. The third-order valence-electron chi connectivity index (χ3n) is 3.84. The van der Waals surface area contributed by atoms with Crippen LogP contribution in [0.5, 0.6) is 0 Å². The maximum atomic E-state index is 11.9. The number of aromatic nitrogens is 2. The van der Waals surface area contributed by atoms with E-state index in [-0.39, 0.29) is 11.5 Å². The van der Waals surface area contributed by atoms with Gasteiger partial charge >= 0.3 is 5.97 Å². The van der Waals surface area contributed by atoms with Crippen molar-refractivity contribution >= 4 is 29.2 Å². The monoisotopic (exact) mass is 380 g/mol. The number of benzene rings is 1. The molecule has 1 aromatic carbocycles. The Balaban J connectivity index is 2.61. The van der Waals surface area contributed by atoms with Crippen molar-refractivity contribution in [1.29, 1.82) is 0 Å². The Hall–Kier alpha value is -1.78. The summed E-state index contributed by atoms with van der Waals surface area (Å²) in [6.45, 7) is 5.95. The minimum atomic E-state index is -0.970. The van der Waals surface area contributed by atoms with Gasteiger partial charge in [0, 0.05) is 5.02 Å². The molecule has 4 nitrogen and oxygen atoms in total. The largest absolute Gasteiger partial charge is 0.478 e. The van der Waals surface area contributed by atoms with Gasteiger partial charge in [-0.2, -0.15) is 5.10 Å². The molecule has 1 heterocycles. The number of allylic oxidation sites excluding steroid dienone is 2. The van der Waals surface area contributed by atoms with Crippen LogP contribution in [0.15, 0.2) is 30.4 Å². The van der Waals surface area contributed by atoms with Gasteiger partial charge < -0.3 is 5.11 Å². The number of rotatable bonds is 7. The SMILES string of the molecule is CC/C=C\CCc1nn(-c2cc(Cl)ccc2Cl)c(C(C)C)c1C(=O)O. The predicted octanol–water partition coefficient (Wildman–Crippen LogP) is 5.90. The average molecular weight is 381 g/mol. The Labute approximate surface area is 158 Å². The summed E-state index contributed by atoms with van der Waals surface area (Å²) < 4.78 is 1.63. The Morgan fingerprint density at radius 1 is 1.32 bits per heavy atom. The van der Waals surface area contributed by atoms with Crippen LogP contribution in [0.25, 0.3) is 5.69 Å². The van der Waals surface area contributed by atoms with Crippen molar-refractivity contribution in [2.24, 2.45) is 0 Å². The summed E-state index contributed by atoms with van der Waals surface area (Å²) in [5.41, 5.74) is 2.05. The lowest BCUT2D eigenvalue weighted by atomic mass is 10.0. The third kappa shape index (κ3) is 4.44. The van der Waals surface area contributed by atoms with Crippen LogP contribution in [0.3, 0.4) is 0 Å². The predicted molar refractivity (Wildman–Crippen MR) is 102 cm³/mol. The molecule has 25 heavy (non-hydrogen) atoms. The summed E-state index contributed by atoms with van der Waals surface area (Å²) in [6.07, 6.45) is 6.37. The Morgan fingerprint density at radius 3 is 2.64 bits per heavy atom. The van der Waals surface area contributed by atoms with Crippen LogP contribution in [0.2, 0.25) is 10.0 Å². The number of nitrogens with zero attached hydrogens (tertiary/aromatic N) is 2. The summed E-state index contributed by atoms with van der Waals surface area (Å²) in [4.78, 5) is 11.9. The molecule has 0 fully saturated rings. The van der Waals surface area contributed by atoms with Crippen LogP contribution >= 0.6 is 23.2 Å². The molecule has 0 saturated carbocycles. The van der Waals surface area contributed by atoms with Crippen molar-refractivity contribution in [2.75, 3.05) is 0 Å². The van der Waals surface area contributed by atoms with Crippen molar-refractivity contribution < 1.29 is 9.90 Å². The molecule has 1 N–H and O–H groups in total. The Morgan fingerprint density at radius 2 is 2.04 bits per heavy atom. The van der Waals surface area contributed by atoms with E-state index in [1.807, 2.05) is 19.9 Å². The molecule has 0 aliphatic heterocycles. The molecule has 0 atom stereocenters. The average Bonchev–Trinajstić information content (AvgIpc) is 2.93. The van der Waals surface area contributed by atoms with E-state index < -0.39 is 5.97 Å². The van der Waals surface area contributed by atoms with Crippen LogP contribution in [0, 0.1) is 0 Å². The molecule has 2 aromatic rings. The smallest absolute Gasteiger partial charge is 0.339 e. The quantitative estimate of drug-likeness (QED) is 0.608. The fourth-order valence-electron chi connectivity index (χ4n) is 2.76. The zero-order valence-corrected chi connectivity index (χ0v) is 16.1. The lowest BCUT2D eigenvalue weighted by molar-refractivity contribution is 0.0694. The van der Waals surface area contributed by atoms with Crippen molar-refractivity contribution in [3.63, 3.8) is 0 Å². The standard InChI is InChI=1S/C19H22Cl2N2O2/c1-4-5-6-7-8-15-17(19(24)25)18(12(2)3)23(22-15)16-11-13(20)9-10-14(16)21/h5-6,9-12H,4,7-8H2,1-3H3,(H,24,25)/b6-5-. The Kier molecular flexibility index (Phi) is 6.68. The van der Waals surface area contributed by atoms with Gasteiger partial charge in [0.25, 0.3) is 0 Å². The topological polar surface area (TPSA) is 55.1 Å². The fourth-order valence-corrected chi connectivity index (χ4v) is 3.12. The van der Waals surface area contributed by atoms with E-state index in [0.717, 1.165) is 12.8 Å². The molecule has 0 amide bonds. The molecule has 0 aliphatic carbocycles. The molecule has 6 heteroatoms. The second-order valence-corrected chi connectivity index (χ2v) is 6.94. The summed E-state index contributed by atoms with van der Waals surface area (Å²) in [7, 11) is 0. The number of carbonyl (C=O) groups is 1. The van der Waals surface area contributed by atoms with Crippen molar-refractivity contribution in [1.82, 2.24) is 9.78 Å². The minimum absolute atomic E-state index is 0.0337. The molecule has 134 valence electrons. The second-order valence-electron chi connectivity index (χ2n) is 6.09. The van der Waals surface area contributed by atoms with Crippen molar-refractivity contribution in [3.8, 4) is 5.69 Å². The first-order valence-electron chi connectivity index (χ1n) is 8.32. The molecule has 0 radical (unpaired) electrons.